The van der Waals surface area contributed by atoms with Crippen molar-refractivity contribution in [1.29, 1.82) is 0 Å². The lowest BCUT2D eigenvalue weighted by Crippen LogP contribution is -2.33. The van der Waals surface area contributed by atoms with Gasteiger partial charge in [-0.05, 0) is 36.3 Å². The lowest BCUT2D eigenvalue weighted by Gasteiger charge is -2.40. The van der Waals surface area contributed by atoms with E-state index in [2.05, 4.69) is 15.9 Å². The molecule has 0 N–H and O–H groups in total. The molecule has 0 atom stereocenters. The van der Waals surface area contributed by atoms with Gasteiger partial charge in [-0.1, -0.05) is 40.5 Å². The molecule has 1 aromatic carbocycles. The number of rotatable bonds is 3. The number of benzene rings is 1. The van der Waals surface area contributed by atoms with Crippen molar-refractivity contribution in [2.24, 2.45) is 5.41 Å². The van der Waals surface area contributed by atoms with Crippen molar-refractivity contribution in [3.63, 3.8) is 0 Å². The van der Waals surface area contributed by atoms with Crippen LogP contribution in [0, 0.1) is 5.41 Å². The maximum atomic E-state index is 12.6. The third-order valence-corrected chi connectivity index (χ3v) is 4.72. The molecule has 0 saturated heterocycles. The molecule has 0 bridgehead atoms. The van der Waals surface area contributed by atoms with Gasteiger partial charge >= 0.3 is 6.18 Å². The lowest BCUT2D eigenvalue weighted by atomic mass is 9.67. The summed E-state index contributed by atoms with van der Waals surface area (Å²) in [6.07, 6.45) is -0.104. The summed E-state index contributed by atoms with van der Waals surface area (Å²) in [5.74, 6) is 0. The van der Waals surface area contributed by atoms with E-state index in [4.69, 9.17) is 0 Å². The Morgan fingerprint density at radius 3 is 2.41 bits per heavy atom. The highest BCUT2D eigenvalue weighted by atomic mass is 79.9. The Bertz CT molecular complexity index is 388. The van der Waals surface area contributed by atoms with E-state index >= 15 is 0 Å². The predicted molar refractivity (Wildman–Crippen MR) is 65.2 cm³/mol. The summed E-state index contributed by atoms with van der Waals surface area (Å²) < 4.78 is 37.7. The maximum absolute atomic E-state index is 12.6. The van der Waals surface area contributed by atoms with Gasteiger partial charge < -0.3 is 0 Å². The van der Waals surface area contributed by atoms with E-state index in [1.165, 1.54) is 18.6 Å². The van der Waals surface area contributed by atoms with Gasteiger partial charge in [0.2, 0.25) is 0 Å². The van der Waals surface area contributed by atoms with Gasteiger partial charge in [-0.25, -0.2) is 0 Å². The molecule has 1 aromatic rings. The average molecular weight is 307 g/mol. The van der Waals surface area contributed by atoms with Crippen molar-refractivity contribution < 1.29 is 13.2 Å². The van der Waals surface area contributed by atoms with Gasteiger partial charge in [0.15, 0.2) is 0 Å². The molecule has 0 heterocycles. The average Bonchev–Trinajstić information content (AvgIpc) is 2.23. The highest BCUT2D eigenvalue weighted by molar-refractivity contribution is 9.09. The third-order valence-electron chi connectivity index (χ3n) is 3.53. The fraction of sp³-hybridized carbons (Fsp3) is 0.538. The second kappa shape index (κ2) is 4.63. The molecule has 1 aliphatic carbocycles. The Morgan fingerprint density at radius 1 is 1.24 bits per heavy atom. The first-order valence-electron chi connectivity index (χ1n) is 5.67. The summed E-state index contributed by atoms with van der Waals surface area (Å²) >= 11 is 3.48. The summed E-state index contributed by atoms with van der Waals surface area (Å²) in [5, 5.41) is 0.871. The number of alkyl halides is 4. The van der Waals surface area contributed by atoms with Gasteiger partial charge in [-0.3, -0.25) is 0 Å². The highest BCUT2D eigenvalue weighted by Crippen LogP contribution is 2.45. The third kappa shape index (κ3) is 2.84. The second-order valence-electron chi connectivity index (χ2n) is 4.86. The molecular weight excluding hydrogens is 293 g/mol. The van der Waals surface area contributed by atoms with Crippen LogP contribution in [0.25, 0.3) is 0 Å². The number of hydrogen-bond donors (Lipinski definition) is 0. The molecule has 1 saturated carbocycles. The fourth-order valence-electron chi connectivity index (χ4n) is 2.33. The van der Waals surface area contributed by atoms with Gasteiger partial charge in [-0.2, -0.15) is 13.2 Å². The molecule has 0 amide bonds. The van der Waals surface area contributed by atoms with Crippen LogP contribution >= 0.6 is 15.9 Å². The maximum Gasteiger partial charge on any atom is 0.416 e. The Labute approximate surface area is 107 Å². The Morgan fingerprint density at radius 2 is 1.94 bits per heavy atom. The fourth-order valence-corrected chi connectivity index (χ4v) is 3.08. The summed E-state index contributed by atoms with van der Waals surface area (Å²) in [4.78, 5) is 0. The van der Waals surface area contributed by atoms with Gasteiger partial charge in [0.05, 0.1) is 5.56 Å². The van der Waals surface area contributed by atoms with Gasteiger partial charge in [0.1, 0.15) is 0 Å². The van der Waals surface area contributed by atoms with Crippen molar-refractivity contribution in [3.8, 4) is 0 Å². The molecule has 17 heavy (non-hydrogen) atoms. The second-order valence-corrected chi connectivity index (χ2v) is 5.42. The minimum absolute atomic E-state index is 0.185. The Balaban J connectivity index is 2.17. The van der Waals surface area contributed by atoms with Crippen molar-refractivity contribution in [2.45, 2.75) is 31.9 Å². The van der Waals surface area contributed by atoms with E-state index in [9.17, 15) is 13.2 Å². The van der Waals surface area contributed by atoms with E-state index < -0.39 is 11.7 Å². The predicted octanol–water partition coefficient (Wildman–Crippen LogP) is 4.81. The first kappa shape index (κ1) is 12.9. The zero-order valence-corrected chi connectivity index (χ0v) is 10.9. The Hall–Kier alpha value is -0.510. The van der Waals surface area contributed by atoms with E-state index in [1.54, 1.807) is 6.07 Å². The van der Waals surface area contributed by atoms with E-state index in [0.717, 1.165) is 36.2 Å². The van der Waals surface area contributed by atoms with Crippen LogP contribution in [0.4, 0.5) is 13.2 Å². The zero-order chi connectivity index (χ0) is 12.5. The van der Waals surface area contributed by atoms with Crippen molar-refractivity contribution in [2.75, 3.05) is 5.33 Å². The quantitative estimate of drug-likeness (QED) is 0.703. The first-order valence-corrected chi connectivity index (χ1v) is 6.79. The SMILES string of the molecule is FC(F)(F)c1cccc(CC2(CBr)CCC2)c1. The van der Waals surface area contributed by atoms with Crippen molar-refractivity contribution in [1.82, 2.24) is 0 Å². The topological polar surface area (TPSA) is 0 Å². The first-order chi connectivity index (χ1) is 7.95. The molecule has 0 unspecified atom stereocenters. The Kier molecular flexibility index (Phi) is 3.53. The molecule has 94 valence electrons. The molecule has 0 radical (unpaired) electrons. The highest BCUT2D eigenvalue weighted by Gasteiger charge is 2.36. The molecule has 2 rings (SSSR count). The molecular formula is C13H14BrF3. The number of hydrogen-bond acceptors (Lipinski definition) is 0. The molecule has 0 aromatic heterocycles. The minimum Gasteiger partial charge on any atom is -0.166 e. The van der Waals surface area contributed by atoms with Crippen LogP contribution in [-0.2, 0) is 12.6 Å². The summed E-state index contributed by atoms with van der Waals surface area (Å²) in [6.45, 7) is 0. The molecule has 0 spiro atoms. The molecule has 1 aliphatic rings. The van der Waals surface area contributed by atoms with Crippen LogP contribution in [0.3, 0.4) is 0 Å². The van der Waals surface area contributed by atoms with Crippen LogP contribution in [-0.4, -0.2) is 5.33 Å². The van der Waals surface area contributed by atoms with Crippen LogP contribution in [0.2, 0.25) is 0 Å². The van der Waals surface area contributed by atoms with E-state index in [1.807, 2.05) is 0 Å². The van der Waals surface area contributed by atoms with Gasteiger partial charge in [-0.15, -0.1) is 0 Å². The largest absolute Gasteiger partial charge is 0.416 e. The van der Waals surface area contributed by atoms with Gasteiger partial charge in [0, 0.05) is 5.33 Å². The minimum atomic E-state index is -4.24. The smallest absolute Gasteiger partial charge is 0.166 e. The van der Waals surface area contributed by atoms with E-state index in [-0.39, 0.29) is 5.41 Å². The summed E-state index contributed by atoms with van der Waals surface area (Å²) in [6, 6.07) is 5.70. The lowest BCUT2D eigenvalue weighted by molar-refractivity contribution is -0.137. The van der Waals surface area contributed by atoms with E-state index in [0.29, 0.717) is 0 Å². The van der Waals surface area contributed by atoms with Gasteiger partial charge in [0.25, 0.3) is 0 Å². The van der Waals surface area contributed by atoms with Crippen molar-refractivity contribution in [3.05, 3.63) is 35.4 Å². The van der Waals surface area contributed by atoms with Crippen LogP contribution in [0.1, 0.15) is 30.4 Å². The summed E-state index contributed by atoms with van der Waals surface area (Å²) in [5.41, 5.74) is 0.433. The normalized spacial score (nSPS) is 18.8. The number of halogens is 4. The standard InChI is InChI=1S/C13H14BrF3/c14-9-12(5-2-6-12)8-10-3-1-4-11(7-10)13(15,16)17/h1,3-4,7H,2,5-6,8-9H2. The zero-order valence-electron chi connectivity index (χ0n) is 9.36. The van der Waals surface area contributed by atoms with Crippen molar-refractivity contribution >= 4 is 15.9 Å². The van der Waals surface area contributed by atoms with Crippen LogP contribution in [0.5, 0.6) is 0 Å². The van der Waals surface area contributed by atoms with Crippen LogP contribution < -0.4 is 0 Å². The molecule has 1 fully saturated rings. The van der Waals surface area contributed by atoms with Crippen LogP contribution in [0.15, 0.2) is 24.3 Å². The molecule has 0 aliphatic heterocycles. The summed E-state index contributed by atoms with van der Waals surface area (Å²) in [7, 11) is 0. The molecule has 0 nitrogen and oxygen atoms in total. The monoisotopic (exact) mass is 306 g/mol. The molecule has 4 heteroatoms.